The molecule has 0 saturated heterocycles. The minimum absolute atomic E-state index is 0.0543. The fourth-order valence-corrected chi connectivity index (χ4v) is 1.99. The molecule has 84 valence electrons. The van der Waals surface area contributed by atoms with Crippen LogP contribution in [0.1, 0.15) is 23.6 Å². The van der Waals surface area contributed by atoms with Crippen LogP contribution >= 0.6 is 0 Å². The molecule has 2 rings (SSSR count). The van der Waals surface area contributed by atoms with Gasteiger partial charge in [-0.3, -0.25) is 4.79 Å². The van der Waals surface area contributed by atoms with Gasteiger partial charge in [0.1, 0.15) is 0 Å². The zero-order valence-electron chi connectivity index (χ0n) is 9.03. The summed E-state index contributed by atoms with van der Waals surface area (Å²) in [6.07, 6.45) is 1.74. The van der Waals surface area contributed by atoms with Crippen LogP contribution in [0.2, 0.25) is 0 Å². The number of carboxylic acid groups (broad SMARTS) is 1. The molecule has 0 amide bonds. The Hall–Kier alpha value is -1.81. The molecule has 0 spiro atoms. The number of carbonyl (C=O) groups is 1. The number of rotatable bonds is 3. The topological polar surface area (TPSA) is 79.1 Å². The Kier molecular flexibility index (Phi) is 2.66. The van der Waals surface area contributed by atoms with Gasteiger partial charge in [-0.15, -0.1) is 0 Å². The number of hydrogen-bond donors (Lipinski definition) is 3. The Balaban J connectivity index is 2.48. The first kappa shape index (κ1) is 10.7. The molecule has 1 unspecified atom stereocenters. The third-order valence-corrected chi connectivity index (χ3v) is 2.74. The maximum atomic E-state index is 10.6. The second kappa shape index (κ2) is 3.98. The van der Waals surface area contributed by atoms with Gasteiger partial charge in [-0.05, 0) is 24.1 Å². The third kappa shape index (κ3) is 1.79. The van der Waals surface area contributed by atoms with Crippen LogP contribution in [-0.4, -0.2) is 16.1 Å². The molecular formula is C12H14N2O2. The molecule has 16 heavy (non-hydrogen) atoms. The first-order valence-electron chi connectivity index (χ1n) is 5.13. The number of nitrogens with two attached hydrogens (primary N) is 1. The molecule has 4 nitrogen and oxygen atoms in total. The molecule has 2 aromatic rings. The first-order valence-corrected chi connectivity index (χ1v) is 5.13. The van der Waals surface area contributed by atoms with E-state index >= 15 is 0 Å². The monoisotopic (exact) mass is 218 g/mol. The summed E-state index contributed by atoms with van der Waals surface area (Å²) < 4.78 is 0. The summed E-state index contributed by atoms with van der Waals surface area (Å²) in [5, 5.41) is 9.77. The Morgan fingerprint density at radius 3 is 3.00 bits per heavy atom. The summed E-state index contributed by atoms with van der Waals surface area (Å²) >= 11 is 0. The number of nitrogens with one attached hydrogen (secondary N) is 1. The van der Waals surface area contributed by atoms with Crippen LogP contribution in [0.4, 0.5) is 0 Å². The van der Waals surface area contributed by atoms with E-state index in [4.69, 9.17) is 10.8 Å². The smallest absolute Gasteiger partial charge is 0.305 e. The average molecular weight is 218 g/mol. The number of aromatic nitrogens is 1. The highest BCUT2D eigenvalue weighted by Gasteiger charge is 2.15. The van der Waals surface area contributed by atoms with Crippen LogP contribution in [0.5, 0.6) is 0 Å². The largest absolute Gasteiger partial charge is 0.481 e. The lowest BCUT2D eigenvalue weighted by molar-refractivity contribution is -0.137. The molecule has 1 aromatic heterocycles. The summed E-state index contributed by atoms with van der Waals surface area (Å²) in [5.41, 5.74) is 8.85. The molecule has 0 saturated carbocycles. The zero-order valence-corrected chi connectivity index (χ0v) is 9.03. The van der Waals surface area contributed by atoms with E-state index in [1.54, 1.807) is 6.20 Å². The van der Waals surface area contributed by atoms with Crippen molar-refractivity contribution in [3.63, 3.8) is 0 Å². The van der Waals surface area contributed by atoms with Gasteiger partial charge in [-0.25, -0.2) is 0 Å². The summed E-state index contributed by atoms with van der Waals surface area (Å²) in [7, 11) is 0. The van der Waals surface area contributed by atoms with E-state index in [1.165, 1.54) is 0 Å². The molecule has 0 radical (unpaired) electrons. The first-order chi connectivity index (χ1) is 7.59. The van der Waals surface area contributed by atoms with Crippen molar-refractivity contribution in [3.8, 4) is 0 Å². The van der Waals surface area contributed by atoms with Crippen molar-refractivity contribution in [2.24, 2.45) is 5.73 Å². The van der Waals surface area contributed by atoms with Crippen LogP contribution in [0, 0.1) is 6.92 Å². The summed E-state index contributed by atoms with van der Waals surface area (Å²) in [6, 6.07) is 5.44. The van der Waals surface area contributed by atoms with Crippen molar-refractivity contribution in [3.05, 3.63) is 35.5 Å². The van der Waals surface area contributed by atoms with Crippen molar-refractivity contribution < 1.29 is 9.90 Å². The van der Waals surface area contributed by atoms with Crippen molar-refractivity contribution in [1.29, 1.82) is 0 Å². The van der Waals surface area contributed by atoms with Crippen molar-refractivity contribution in [1.82, 2.24) is 4.98 Å². The maximum Gasteiger partial charge on any atom is 0.305 e. The summed E-state index contributed by atoms with van der Waals surface area (Å²) in [6.45, 7) is 1.99. The number of carboxylic acids is 1. The number of benzene rings is 1. The Bertz CT molecular complexity index is 531. The fourth-order valence-electron chi connectivity index (χ4n) is 1.99. The number of aliphatic carboxylic acids is 1. The Morgan fingerprint density at radius 1 is 1.56 bits per heavy atom. The Morgan fingerprint density at radius 2 is 2.31 bits per heavy atom. The van der Waals surface area contributed by atoms with E-state index < -0.39 is 12.0 Å². The molecule has 0 aliphatic rings. The average Bonchev–Trinajstić information content (AvgIpc) is 2.61. The third-order valence-electron chi connectivity index (χ3n) is 2.74. The molecule has 1 heterocycles. The zero-order chi connectivity index (χ0) is 11.7. The molecule has 0 aliphatic heterocycles. The lowest BCUT2D eigenvalue weighted by Gasteiger charge is -2.08. The standard InChI is InChI=1S/C12H14N2O2/c1-7-3-2-4-10-12(7)8(6-14-10)9(13)5-11(15)16/h2-4,6,9,14H,5,13H2,1H3,(H,15,16). The van der Waals surface area contributed by atoms with Crippen molar-refractivity contribution >= 4 is 16.9 Å². The number of hydrogen-bond acceptors (Lipinski definition) is 2. The van der Waals surface area contributed by atoms with Crippen molar-refractivity contribution in [2.45, 2.75) is 19.4 Å². The second-order valence-corrected chi connectivity index (χ2v) is 3.95. The molecule has 1 atom stereocenters. The number of H-pyrrole nitrogens is 1. The molecule has 0 aliphatic carbocycles. The number of fused-ring (bicyclic) bond motifs is 1. The fraction of sp³-hybridized carbons (Fsp3) is 0.250. The van der Waals surface area contributed by atoms with Gasteiger partial charge in [0.05, 0.1) is 6.42 Å². The van der Waals surface area contributed by atoms with E-state index in [1.807, 2.05) is 25.1 Å². The lowest BCUT2D eigenvalue weighted by atomic mass is 10.0. The van der Waals surface area contributed by atoms with Gasteiger partial charge in [-0.1, -0.05) is 12.1 Å². The predicted octanol–water partition coefficient (Wildman–Crippen LogP) is 1.95. The van der Waals surface area contributed by atoms with E-state index in [0.717, 1.165) is 22.0 Å². The quantitative estimate of drug-likeness (QED) is 0.736. The highest BCUT2D eigenvalue weighted by molar-refractivity contribution is 5.87. The second-order valence-electron chi connectivity index (χ2n) is 3.95. The van der Waals surface area contributed by atoms with Gasteiger partial charge in [0.2, 0.25) is 0 Å². The lowest BCUT2D eigenvalue weighted by Crippen LogP contribution is -2.14. The van der Waals surface area contributed by atoms with E-state index in [0.29, 0.717) is 0 Å². The molecule has 0 bridgehead atoms. The van der Waals surface area contributed by atoms with Gasteiger partial charge in [-0.2, -0.15) is 0 Å². The molecule has 0 fully saturated rings. The maximum absolute atomic E-state index is 10.6. The van der Waals surface area contributed by atoms with Crippen molar-refractivity contribution in [2.75, 3.05) is 0 Å². The molecular weight excluding hydrogens is 204 g/mol. The minimum atomic E-state index is -0.879. The van der Waals surface area contributed by atoms with Crippen LogP contribution in [0.25, 0.3) is 10.9 Å². The van der Waals surface area contributed by atoms with Gasteiger partial charge in [0, 0.05) is 23.1 Å². The minimum Gasteiger partial charge on any atom is -0.481 e. The van der Waals surface area contributed by atoms with Crippen LogP contribution in [-0.2, 0) is 4.79 Å². The normalized spacial score (nSPS) is 12.9. The highest BCUT2D eigenvalue weighted by Crippen LogP contribution is 2.27. The van der Waals surface area contributed by atoms with Crippen LogP contribution in [0.3, 0.4) is 0 Å². The van der Waals surface area contributed by atoms with E-state index in [2.05, 4.69) is 4.98 Å². The highest BCUT2D eigenvalue weighted by atomic mass is 16.4. The van der Waals surface area contributed by atoms with Crippen LogP contribution < -0.4 is 5.73 Å². The summed E-state index contributed by atoms with van der Waals surface area (Å²) in [4.78, 5) is 13.7. The summed E-state index contributed by atoms with van der Waals surface area (Å²) in [5.74, 6) is -0.879. The van der Waals surface area contributed by atoms with E-state index in [9.17, 15) is 4.79 Å². The van der Waals surface area contributed by atoms with Gasteiger partial charge in [0.15, 0.2) is 0 Å². The molecule has 1 aromatic carbocycles. The predicted molar refractivity (Wildman–Crippen MR) is 62.2 cm³/mol. The number of aryl methyl sites for hydroxylation is 1. The van der Waals surface area contributed by atoms with Gasteiger partial charge < -0.3 is 15.8 Å². The van der Waals surface area contributed by atoms with Crippen LogP contribution in [0.15, 0.2) is 24.4 Å². The van der Waals surface area contributed by atoms with Gasteiger partial charge in [0.25, 0.3) is 0 Å². The molecule has 4 N–H and O–H groups in total. The Labute approximate surface area is 93.1 Å². The van der Waals surface area contributed by atoms with Gasteiger partial charge >= 0.3 is 5.97 Å². The molecule has 4 heteroatoms. The van der Waals surface area contributed by atoms with E-state index in [-0.39, 0.29) is 6.42 Å². The number of aromatic amines is 1. The SMILES string of the molecule is Cc1cccc2[nH]cc(C(N)CC(=O)O)c12.